The van der Waals surface area contributed by atoms with Crippen LogP contribution in [0.5, 0.6) is 5.75 Å². The van der Waals surface area contributed by atoms with Gasteiger partial charge in [-0.15, -0.1) is 0 Å². The quantitative estimate of drug-likeness (QED) is 0.462. The van der Waals surface area contributed by atoms with Crippen molar-refractivity contribution in [1.82, 2.24) is 0 Å². The predicted molar refractivity (Wildman–Crippen MR) is 80.0 cm³/mol. The van der Waals surface area contributed by atoms with Gasteiger partial charge in [0, 0.05) is 3.57 Å². The van der Waals surface area contributed by atoms with Crippen molar-refractivity contribution in [2.24, 2.45) is 0 Å². The SMILES string of the molecule is Cc1ccc(C)c(OC(=O)c2ccccc2I)c1. The van der Waals surface area contributed by atoms with Gasteiger partial charge >= 0.3 is 5.97 Å². The molecule has 3 heteroatoms. The molecule has 0 N–H and O–H groups in total. The fraction of sp³-hybridized carbons (Fsp3) is 0.133. The highest BCUT2D eigenvalue weighted by Gasteiger charge is 2.12. The zero-order valence-corrected chi connectivity index (χ0v) is 12.4. The first kappa shape index (κ1) is 13.1. The minimum atomic E-state index is -0.311. The Kier molecular flexibility index (Phi) is 4.01. The minimum Gasteiger partial charge on any atom is -0.423 e. The van der Waals surface area contributed by atoms with Crippen LogP contribution in [0.1, 0.15) is 21.5 Å². The van der Waals surface area contributed by atoms with E-state index in [1.54, 1.807) is 6.07 Å². The largest absolute Gasteiger partial charge is 0.423 e. The molecule has 2 aromatic rings. The summed E-state index contributed by atoms with van der Waals surface area (Å²) in [5, 5.41) is 0. The average Bonchev–Trinajstić information content (AvgIpc) is 2.34. The van der Waals surface area contributed by atoms with Gasteiger partial charge in [-0.05, 0) is 65.8 Å². The summed E-state index contributed by atoms with van der Waals surface area (Å²) in [7, 11) is 0. The maximum atomic E-state index is 12.1. The van der Waals surface area contributed by atoms with Crippen molar-refractivity contribution in [3.8, 4) is 5.75 Å². The second kappa shape index (κ2) is 5.52. The van der Waals surface area contributed by atoms with Crippen LogP contribution in [0.25, 0.3) is 0 Å². The molecule has 0 saturated heterocycles. The van der Waals surface area contributed by atoms with E-state index < -0.39 is 0 Å². The van der Waals surface area contributed by atoms with Crippen LogP contribution >= 0.6 is 22.6 Å². The lowest BCUT2D eigenvalue weighted by molar-refractivity contribution is 0.0732. The van der Waals surface area contributed by atoms with Gasteiger partial charge in [0.15, 0.2) is 0 Å². The van der Waals surface area contributed by atoms with Gasteiger partial charge in [-0.3, -0.25) is 0 Å². The van der Waals surface area contributed by atoms with Crippen LogP contribution in [0.15, 0.2) is 42.5 Å². The molecule has 0 spiro atoms. The molecule has 0 heterocycles. The first-order valence-electron chi connectivity index (χ1n) is 5.62. The first-order chi connectivity index (χ1) is 8.58. The van der Waals surface area contributed by atoms with Crippen molar-refractivity contribution >= 4 is 28.6 Å². The third kappa shape index (κ3) is 2.90. The Hall–Kier alpha value is -1.36. The fourth-order valence-electron chi connectivity index (χ4n) is 1.60. The summed E-state index contributed by atoms with van der Waals surface area (Å²) in [6.45, 7) is 3.90. The van der Waals surface area contributed by atoms with Crippen LogP contribution in [0.4, 0.5) is 0 Å². The molecule has 0 fully saturated rings. The highest BCUT2D eigenvalue weighted by atomic mass is 127. The van der Waals surface area contributed by atoms with Crippen LogP contribution < -0.4 is 4.74 Å². The van der Waals surface area contributed by atoms with Gasteiger partial charge in [-0.25, -0.2) is 4.79 Å². The highest BCUT2D eigenvalue weighted by Crippen LogP contribution is 2.21. The number of hydrogen-bond acceptors (Lipinski definition) is 2. The number of hydrogen-bond donors (Lipinski definition) is 0. The molecular formula is C15H13IO2. The summed E-state index contributed by atoms with van der Waals surface area (Å²) >= 11 is 2.13. The second-order valence-electron chi connectivity index (χ2n) is 4.14. The molecule has 2 rings (SSSR count). The van der Waals surface area contributed by atoms with Gasteiger partial charge < -0.3 is 4.74 Å². The summed E-state index contributed by atoms with van der Waals surface area (Å²) in [6.07, 6.45) is 0. The Morgan fingerprint density at radius 2 is 1.83 bits per heavy atom. The van der Waals surface area contributed by atoms with E-state index in [1.165, 1.54) is 0 Å². The molecule has 0 atom stereocenters. The van der Waals surface area contributed by atoms with Gasteiger partial charge in [0.1, 0.15) is 5.75 Å². The number of rotatable bonds is 2. The lowest BCUT2D eigenvalue weighted by Crippen LogP contribution is -2.11. The van der Waals surface area contributed by atoms with Crippen molar-refractivity contribution < 1.29 is 9.53 Å². The normalized spacial score (nSPS) is 10.2. The Morgan fingerprint density at radius 1 is 1.11 bits per heavy atom. The predicted octanol–water partition coefficient (Wildman–Crippen LogP) is 4.13. The molecule has 0 amide bonds. The van der Waals surface area contributed by atoms with Crippen molar-refractivity contribution in [1.29, 1.82) is 0 Å². The van der Waals surface area contributed by atoms with E-state index in [9.17, 15) is 4.79 Å². The van der Waals surface area contributed by atoms with Crippen LogP contribution in [0.2, 0.25) is 0 Å². The van der Waals surface area contributed by atoms with E-state index in [0.29, 0.717) is 11.3 Å². The lowest BCUT2D eigenvalue weighted by Gasteiger charge is -2.09. The lowest BCUT2D eigenvalue weighted by atomic mass is 10.1. The number of benzene rings is 2. The number of carbonyl (C=O) groups excluding carboxylic acids is 1. The summed E-state index contributed by atoms with van der Waals surface area (Å²) in [5.41, 5.74) is 2.63. The number of esters is 1. The molecular weight excluding hydrogens is 339 g/mol. The Balaban J connectivity index is 2.27. The maximum Gasteiger partial charge on any atom is 0.344 e. The van der Waals surface area contributed by atoms with Gasteiger partial charge in [-0.1, -0.05) is 24.3 Å². The van der Waals surface area contributed by atoms with Gasteiger partial charge in [0.2, 0.25) is 0 Å². The smallest absolute Gasteiger partial charge is 0.344 e. The fourth-order valence-corrected chi connectivity index (χ4v) is 2.21. The second-order valence-corrected chi connectivity index (χ2v) is 5.30. The van der Waals surface area contributed by atoms with E-state index in [1.807, 2.05) is 50.2 Å². The standard InChI is InChI=1S/C15H13IO2/c1-10-7-8-11(2)14(9-10)18-15(17)12-5-3-4-6-13(12)16/h3-9H,1-2H3. The number of carbonyl (C=O) groups is 1. The Bertz CT molecular complexity index is 591. The molecule has 92 valence electrons. The van der Waals surface area contributed by atoms with Crippen LogP contribution in [0, 0.1) is 17.4 Å². The average molecular weight is 352 g/mol. The summed E-state index contributed by atoms with van der Waals surface area (Å²) < 4.78 is 6.34. The molecule has 0 aliphatic carbocycles. The van der Waals surface area contributed by atoms with E-state index in [4.69, 9.17) is 4.74 Å². The third-order valence-corrected chi connectivity index (χ3v) is 3.58. The highest BCUT2D eigenvalue weighted by molar-refractivity contribution is 14.1. The maximum absolute atomic E-state index is 12.1. The summed E-state index contributed by atoms with van der Waals surface area (Å²) in [6, 6.07) is 13.2. The molecule has 2 nitrogen and oxygen atoms in total. The zero-order chi connectivity index (χ0) is 13.1. The number of aryl methyl sites for hydroxylation is 2. The van der Waals surface area contributed by atoms with Gasteiger partial charge in [0.25, 0.3) is 0 Å². The molecule has 0 aliphatic rings. The zero-order valence-electron chi connectivity index (χ0n) is 10.2. The van der Waals surface area contributed by atoms with Crippen LogP contribution in [-0.2, 0) is 0 Å². The van der Waals surface area contributed by atoms with E-state index >= 15 is 0 Å². The molecule has 0 bridgehead atoms. The molecule has 0 saturated carbocycles. The van der Waals surface area contributed by atoms with Crippen LogP contribution in [-0.4, -0.2) is 5.97 Å². The summed E-state index contributed by atoms with van der Waals surface area (Å²) in [4.78, 5) is 12.1. The molecule has 0 aliphatic heterocycles. The first-order valence-corrected chi connectivity index (χ1v) is 6.70. The van der Waals surface area contributed by atoms with E-state index in [2.05, 4.69) is 22.6 Å². The van der Waals surface area contributed by atoms with Crippen LogP contribution in [0.3, 0.4) is 0 Å². The number of ether oxygens (including phenoxy) is 1. The monoisotopic (exact) mass is 352 g/mol. The van der Waals surface area contributed by atoms with Gasteiger partial charge in [0.05, 0.1) is 5.56 Å². The minimum absolute atomic E-state index is 0.311. The van der Waals surface area contributed by atoms with Crippen molar-refractivity contribution in [3.63, 3.8) is 0 Å². The molecule has 0 unspecified atom stereocenters. The van der Waals surface area contributed by atoms with E-state index in [-0.39, 0.29) is 5.97 Å². The molecule has 0 radical (unpaired) electrons. The van der Waals surface area contributed by atoms with Gasteiger partial charge in [-0.2, -0.15) is 0 Å². The number of halogens is 1. The molecule has 2 aromatic carbocycles. The van der Waals surface area contributed by atoms with Crippen molar-refractivity contribution in [2.45, 2.75) is 13.8 Å². The summed E-state index contributed by atoms with van der Waals surface area (Å²) in [5.74, 6) is 0.313. The Morgan fingerprint density at radius 3 is 2.56 bits per heavy atom. The van der Waals surface area contributed by atoms with Crippen molar-refractivity contribution in [3.05, 3.63) is 62.7 Å². The van der Waals surface area contributed by atoms with Crippen molar-refractivity contribution in [2.75, 3.05) is 0 Å². The molecule has 18 heavy (non-hydrogen) atoms. The topological polar surface area (TPSA) is 26.3 Å². The molecule has 0 aromatic heterocycles. The third-order valence-electron chi connectivity index (χ3n) is 2.64. The Labute approximate surface area is 120 Å². The van der Waals surface area contributed by atoms with E-state index in [0.717, 1.165) is 14.7 Å².